The topological polar surface area (TPSA) is 119 Å². The minimum absolute atomic E-state index is 0.0523. The van der Waals surface area contributed by atoms with Crippen LogP contribution in [-0.4, -0.2) is 21.9 Å². The number of benzene rings is 3. The summed E-state index contributed by atoms with van der Waals surface area (Å²) in [7, 11) is 0. The lowest BCUT2D eigenvalue weighted by Gasteiger charge is -2.09. The number of carboxylic acids is 1. The molecule has 31 heavy (non-hydrogen) atoms. The van der Waals surface area contributed by atoms with E-state index in [0.717, 1.165) is 0 Å². The second-order valence-electron chi connectivity index (χ2n) is 6.20. The number of halogens is 1. The summed E-state index contributed by atoms with van der Waals surface area (Å²) in [5.74, 6) is -1.85. The third kappa shape index (κ3) is 5.46. The van der Waals surface area contributed by atoms with Crippen LogP contribution in [0.1, 0.15) is 15.9 Å². The van der Waals surface area contributed by atoms with Gasteiger partial charge in [0, 0.05) is 11.6 Å². The van der Waals surface area contributed by atoms with Crippen molar-refractivity contribution in [3.05, 3.63) is 105 Å². The Morgan fingerprint density at radius 1 is 1.03 bits per heavy atom. The summed E-state index contributed by atoms with van der Waals surface area (Å²) in [4.78, 5) is 34.5. The molecule has 3 aromatic rings. The van der Waals surface area contributed by atoms with E-state index in [9.17, 15) is 24.8 Å². The van der Waals surface area contributed by atoms with Crippen LogP contribution in [0.2, 0.25) is 5.02 Å². The van der Waals surface area contributed by atoms with Crippen molar-refractivity contribution in [2.45, 2.75) is 0 Å². The molecule has 0 heterocycles. The van der Waals surface area contributed by atoms with Gasteiger partial charge >= 0.3 is 11.7 Å². The summed E-state index contributed by atoms with van der Waals surface area (Å²) in [5, 5.41) is 23.1. The molecule has 0 saturated heterocycles. The number of carbonyl (C=O) groups is 2. The Balaban J connectivity index is 1.88. The number of nitrogens with zero attached hydrogens (tertiary/aromatic N) is 1. The number of aliphatic carboxylic acids is 1. The zero-order chi connectivity index (χ0) is 22.4. The van der Waals surface area contributed by atoms with Crippen molar-refractivity contribution < 1.29 is 24.4 Å². The molecule has 0 atom stereocenters. The predicted molar refractivity (Wildman–Crippen MR) is 114 cm³/mol. The van der Waals surface area contributed by atoms with Gasteiger partial charge in [-0.25, -0.2) is 4.79 Å². The van der Waals surface area contributed by atoms with E-state index in [4.69, 9.17) is 16.3 Å². The smallest absolute Gasteiger partial charge is 0.352 e. The molecule has 0 spiro atoms. The minimum atomic E-state index is -1.34. The number of nitrogens with one attached hydrogen (secondary N) is 1. The zero-order valence-corrected chi connectivity index (χ0v) is 16.6. The Morgan fingerprint density at radius 3 is 2.42 bits per heavy atom. The molecule has 0 fully saturated rings. The number of rotatable bonds is 7. The highest BCUT2D eigenvalue weighted by atomic mass is 35.5. The molecule has 1 amide bonds. The van der Waals surface area contributed by atoms with Crippen molar-refractivity contribution >= 4 is 35.2 Å². The normalized spacial score (nSPS) is 10.9. The van der Waals surface area contributed by atoms with Crippen LogP contribution >= 0.6 is 11.6 Å². The monoisotopic (exact) mass is 438 g/mol. The molecule has 0 saturated carbocycles. The van der Waals surface area contributed by atoms with Crippen LogP contribution in [0.25, 0.3) is 6.08 Å². The van der Waals surface area contributed by atoms with Crippen molar-refractivity contribution in [3.8, 4) is 11.5 Å². The number of carboxylic acid groups (broad SMARTS) is 1. The van der Waals surface area contributed by atoms with Gasteiger partial charge in [0.2, 0.25) is 5.75 Å². The molecule has 0 aliphatic carbocycles. The van der Waals surface area contributed by atoms with Gasteiger partial charge in [-0.2, -0.15) is 0 Å². The van der Waals surface area contributed by atoms with E-state index < -0.39 is 16.8 Å². The number of hydrogen-bond acceptors (Lipinski definition) is 5. The molecule has 2 N–H and O–H groups in total. The van der Waals surface area contributed by atoms with E-state index in [2.05, 4.69) is 5.32 Å². The second kappa shape index (κ2) is 9.55. The Kier molecular flexibility index (Phi) is 6.64. The first kappa shape index (κ1) is 21.5. The summed E-state index contributed by atoms with van der Waals surface area (Å²) in [6, 6.07) is 18.5. The standard InChI is InChI=1S/C22H15ClN2O6/c23-17-10-5-11-19(25(29)30)20(17)31-16-9-4-6-14(12-16)13-18(22(27)28)24-21(26)15-7-2-1-3-8-15/h1-13H,(H,24,26)(H,27,28). The van der Waals surface area contributed by atoms with E-state index in [1.807, 2.05) is 0 Å². The molecule has 0 unspecified atom stereocenters. The van der Waals surface area contributed by atoms with Crippen LogP contribution in [0.5, 0.6) is 11.5 Å². The molecule has 3 rings (SSSR count). The highest BCUT2D eigenvalue weighted by Crippen LogP contribution is 2.37. The molecule has 9 heteroatoms. The van der Waals surface area contributed by atoms with Crippen molar-refractivity contribution in [2.75, 3.05) is 0 Å². The maximum Gasteiger partial charge on any atom is 0.352 e. The van der Waals surface area contributed by atoms with Gasteiger partial charge in [-0.15, -0.1) is 0 Å². The molecule has 3 aromatic carbocycles. The van der Waals surface area contributed by atoms with Crippen LogP contribution in [0.3, 0.4) is 0 Å². The summed E-state index contributed by atoms with van der Waals surface area (Å²) in [6.45, 7) is 0. The summed E-state index contributed by atoms with van der Waals surface area (Å²) in [5.41, 5.74) is 0.0280. The van der Waals surface area contributed by atoms with E-state index in [-0.39, 0.29) is 27.9 Å². The maximum atomic E-state index is 12.3. The predicted octanol–water partition coefficient (Wildman–Crippen LogP) is 4.90. The number of amides is 1. The summed E-state index contributed by atoms with van der Waals surface area (Å²) >= 11 is 6.04. The Labute approximate surface area is 181 Å². The van der Waals surface area contributed by atoms with Crippen molar-refractivity contribution in [1.29, 1.82) is 0 Å². The fraction of sp³-hybridized carbons (Fsp3) is 0. The van der Waals surface area contributed by atoms with Gasteiger partial charge in [0.25, 0.3) is 5.91 Å². The average molecular weight is 439 g/mol. The first-order valence-electron chi connectivity index (χ1n) is 8.87. The molecular formula is C22H15ClN2O6. The van der Waals surface area contributed by atoms with E-state index in [0.29, 0.717) is 11.1 Å². The quantitative estimate of drug-likeness (QED) is 0.308. The van der Waals surface area contributed by atoms with Gasteiger partial charge in [0.1, 0.15) is 11.4 Å². The molecule has 8 nitrogen and oxygen atoms in total. The van der Waals surface area contributed by atoms with Crippen molar-refractivity contribution in [1.82, 2.24) is 5.32 Å². The maximum absolute atomic E-state index is 12.3. The third-order valence-corrected chi connectivity index (χ3v) is 4.34. The highest BCUT2D eigenvalue weighted by molar-refractivity contribution is 6.32. The fourth-order valence-electron chi connectivity index (χ4n) is 2.63. The third-order valence-electron chi connectivity index (χ3n) is 4.05. The summed E-state index contributed by atoms with van der Waals surface area (Å²) < 4.78 is 5.60. The number of ether oxygens (including phenoxy) is 1. The molecule has 0 aliphatic rings. The molecular weight excluding hydrogens is 424 g/mol. The van der Waals surface area contributed by atoms with Crippen LogP contribution < -0.4 is 10.1 Å². The first-order chi connectivity index (χ1) is 14.8. The SMILES string of the molecule is O=C(O)C(=Cc1cccc(Oc2c(Cl)cccc2[N+](=O)[O-])c1)NC(=O)c1ccccc1. The largest absolute Gasteiger partial charge is 0.477 e. The Hall–Kier alpha value is -4.17. The van der Waals surface area contributed by atoms with Gasteiger partial charge in [-0.3, -0.25) is 14.9 Å². The van der Waals surface area contributed by atoms with E-state index >= 15 is 0 Å². The van der Waals surface area contributed by atoms with E-state index in [1.54, 1.807) is 42.5 Å². The van der Waals surface area contributed by atoms with Crippen molar-refractivity contribution in [3.63, 3.8) is 0 Å². The lowest BCUT2D eigenvalue weighted by atomic mass is 10.1. The average Bonchev–Trinajstić information content (AvgIpc) is 2.75. The minimum Gasteiger partial charge on any atom is -0.477 e. The van der Waals surface area contributed by atoms with Gasteiger partial charge in [-0.1, -0.05) is 48.0 Å². The van der Waals surface area contributed by atoms with Gasteiger partial charge in [0.15, 0.2) is 0 Å². The molecule has 0 bridgehead atoms. The van der Waals surface area contributed by atoms with Crippen molar-refractivity contribution in [2.24, 2.45) is 0 Å². The molecule has 0 radical (unpaired) electrons. The highest BCUT2D eigenvalue weighted by Gasteiger charge is 2.19. The van der Waals surface area contributed by atoms with Crippen LogP contribution in [0.4, 0.5) is 5.69 Å². The second-order valence-corrected chi connectivity index (χ2v) is 6.61. The lowest BCUT2D eigenvalue weighted by molar-refractivity contribution is -0.385. The van der Waals surface area contributed by atoms with Gasteiger partial charge in [-0.05, 0) is 42.0 Å². The number of para-hydroxylation sites is 1. The van der Waals surface area contributed by atoms with Gasteiger partial charge < -0.3 is 15.2 Å². The number of nitro benzene ring substituents is 1. The van der Waals surface area contributed by atoms with Crippen LogP contribution in [0.15, 0.2) is 78.5 Å². The Morgan fingerprint density at radius 2 is 1.74 bits per heavy atom. The van der Waals surface area contributed by atoms with Crippen LogP contribution in [0, 0.1) is 10.1 Å². The van der Waals surface area contributed by atoms with E-state index in [1.165, 1.54) is 36.4 Å². The summed E-state index contributed by atoms with van der Waals surface area (Å²) in [6.07, 6.45) is 1.25. The molecule has 0 aromatic heterocycles. The first-order valence-corrected chi connectivity index (χ1v) is 9.25. The molecule has 156 valence electrons. The number of carbonyl (C=O) groups excluding carboxylic acids is 1. The fourth-order valence-corrected chi connectivity index (χ4v) is 2.84. The van der Waals surface area contributed by atoms with Gasteiger partial charge in [0.05, 0.1) is 9.95 Å². The molecule has 0 aliphatic heterocycles. The number of nitro groups is 1. The Bertz CT molecular complexity index is 1180. The number of hydrogen-bond donors (Lipinski definition) is 2. The zero-order valence-electron chi connectivity index (χ0n) is 15.8. The lowest BCUT2D eigenvalue weighted by Crippen LogP contribution is -2.27. The van der Waals surface area contributed by atoms with Crippen LogP contribution in [-0.2, 0) is 4.79 Å².